The first-order chi connectivity index (χ1) is 9.22. The van der Waals surface area contributed by atoms with Gasteiger partial charge in [0.1, 0.15) is 0 Å². The number of hydrogen-bond acceptors (Lipinski definition) is 3. The van der Waals surface area contributed by atoms with Crippen LogP contribution in [-0.2, 0) is 6.54 Å². The summed E-state index contributed by atoms with van der Waals surface area (Å²) in [5, 5.41) is 0. The number of benzene rings is 1. The highest BCUT2D eigenvalue weighted by Crippen LogP contribution is 2.24. The molecule has 4 heteroatoms. The molecule has 104 valence electrons. The monoisotopic (exact) mass is 323 g/mol. The second-order valence-corrected chi connectivity index (χ2v) is 6.63. The van der Waals surface area contributed by atoms with Gasteiger partial charge in [-0.2, -0.15) is 0 Å². The van der Waals surface area contributed by atoms with Gasteiger partial charge >= 0.3 is 0 Å². The van der Waals surface area contributed by atoms with E-state index in [1.165, 1.54) is 51.0 Å². The van der Waals surface area contributed by atoms with Gasteiger partial charge in [0.25, 0.3) is 0 Å². The molecule has 2 aliphatic rings. The molecule has 0 bridgehead atoms. The zero-order chi connectivity index (χ0) is 13.2. The SMILES string of the molecule is Nc1cc(CN2CCCN3CCCC3C2)ccc1Br. The average molecular weight is 324 g/mol. The molecule has 2 N–H and O–H groups in total. The zero-order valence-corrected chi connectivity index (χ0v) is 12.9. The van der Waals surface area contributed by atoms with Gasteiger partial charge in [-0.25, -0.2) is 0 Å². The molecule has 0 aromatic heterocycles. The zero-order valence-electron chi connectivity index (χ0n) is 11.3. The number of fused-ring (bicyclic) bond motifs is 1. The standard InChI is InChI=1S/C15H22BrN3/c16-14-5-4-12(9-15(14)17)10-18-6-2-8-19-7-1-3-13(19)11-18/h4-5,9,13H,1-3,6-8,10-11,17H2. The molecule has 0 radical (unpaired) electrons. The highest BCUT2D eigenvalue weighted by atomic mass is 79.9. The molecule has 0 amide bonds. The molecule has 2 saturated heterocycles. The van der Waals surface area contributed by atoms with E-state index >= 15 is 0 Å². The maximum absolute atomic E-state index is 5.97. The van der Waals surface area contributed by atoms with E-state index in [4.69, 9.17) is 5.73 Å². The van der Waals surface area contributed by atoms with Crippen molar-refractivity contribution in [1.29, 1.82) is 0 Å². The van der Waals surface area contributed by atoms with Crippen molar-refractivity contribution in [3.8, 4) is 0 Å². The van der Waals surface area contributed by atoms with E-state index in [2.05, 4.69) is 43.9 Å². The Morgan fingerprint density at radius 1 is 1.21 bits per heavy atom. The summed E-state index contributed by atoms with van der Waals surface area (Å²) in [6.07, 6.45) is 4.05. The van der Waals surface area contributed by atoms with E-state index in [0.717, 1.165) is 22.7 Å². The second kappa shape index (κ2) is 5.81. The van der Waals surface area contributed by atoms with Crippen LogP contribution in [0.15, 0.2) is 22.7 Å². The predicted molar refractivity (Wildman–Crippen MR) is 83.0 cm³/mol. The van der Waals surface area contributed by atoms with Crippen molar-refractivity contribution in [3.63, 3.8) is 0 Å². The van der Waals surface area contributed by atoms with Gasteiger partial charge in [0.2, 0.25) is 0 Å². The van der Waals surface area contributed by atoms with Crippen molar-refractivity contribution in [2.75, 3.05) is 31.9 Å². The van der Waals surface area contributed by atoms with E-state index < -0.39 is 0 Å². The van der Waals surface area contributed by atoms with Crippen molar-refractivity contribution in [3.05, 3.63) is 28.2 Å². The maximum Gasteiger partial charge on any atom is 0.0461 e. The molecule has 19 heavy (non-hydrogen) atoms. The maximum atomic E-state index is 5.97. The van der Waals surface area contributed by atoms with Crippen molar-refractivity contribution in [2.45, 2.75) is 31.8 Å². The Kier molecular flexibility index (Phi) is 4.10. The van der Waals surface area contributed by atoms with E-state index in [1.807, 2.05) is 0 Å². The number of nitrogens with zero attached hydrogens (tertiary/aromatic N) is 2. The summed E-state index contributed by atoms with van der Waals surface area (Å²) >= 11 is 3.46. The third kappa shape index (κ3) is 3.12. The van der Waals surface area contributed by atoms with E-state index in [1.54, 1.807) is 0 Å². The molecule has 2 heterocycles. The lowest BCUT2D eigenvalue weighted by Crippen LogP contribution is -2.36. The summed E-state index contributed by atoms with van der Waals surface area (Å²) in [6, 6.07) is 7.12. The number of anilines is 1. The molecule has 3 nitrogen and oxygen atoms in total. The Morgan fingerprint density at radius 3 is 2.89 bits per heavy atom. The van der Waals surface area contributed by atoms with Crippen LogP contribution in [0.3, 0.4) is 0 Å². The summed E-state index contributed by atoms with van der Waals surface area (Å²) in [4.78, 5) is 5.27. The normalized spacial score (nSPS) is 25.2. The van der Waals surface area contributed by atoms with Gasteiger partial charge in [0, 0.05) is 29.3 Å². The minimum atomic E-state index is 0.787. The summed E-state index contributed by atoms with van der Waals surface area (Å²) in [5.41, 5.74) is 8.14. The first-order valence-corrected chi connectivity index (χ1v) is 8.02. The van der Waals surface area contributed by atoms with Crippen LogP contribution in [0, 0.1) is 0 Å². The third-order valence-electron chi connectivity index (χ3n) is 4.35. The Bertz CT molecular complexity index is 449. The summed E-state index contributed by atoms with van der Waals surface area (Å²) < 4.78 is 0.995. The number of halogens is 1. The van der Waals surface area contributed by atoms with Crippen LogP contribution in [0.4, 0.5) is 5.69 Å². The molecule has 1 unspecified atom stereocenters. The molecule has 1 aromatic rings. The Morgan fingerprint density at radius 2 is 2.05 bits per heavy atom. The third-order valence-corrected chi connectivity index (χ3v) is 5.08. The van der Waals surface area contributed by atoms with Gasteiger partial charge in [0.15, 0.2) is 0 Å². The number of nitrogen functional groups attached to an aromatic ring is 1. The summed E-state index contributed by atoms with van der Waals surface area (Å²) in [7, 11) is 0. The summed E-state index contributed by atoms with van der Waals surface area (Å²) in [5.74, 6) is 0. The molecule has 2 fully saturated rings. The quantitative estimate of drug-likeness (QED) is 0.849. The van der Waals surface area contributed by atoms with Crippen LogP contribution in [0.5, 0.6) is 0 Å². The fourth-order valence-corrected chi connectivity index (χ4v) is 3.62. The number of hydrogen-bond donors (Lipinski definition) is 1. The molecule has 0 spiro atoms. The minimum Gasteiger partial charge on any atom is -0.398 e. The minimum absolute atomic E-state index is 0.787. The molecule has 0 aliphatic carbocycles. The van der Waals surface area contributed by atoms with Crippen LogP contribution < -0.4 is 5.73 Å². The molecule has 3 rings (SSSR count). The molecule has 1 atom stereocenters. The van der Waals surface area contributed by atoms with Crippen LogP contribution >= 0.6 is 15.9 Å². The molecule has 2 aliphatic heterocycles. The first-order valence-electron chi connectivity index (χ1n) is 7.23. The van der Waals surface area contributed by atoms with Gasteiger partial charge in [-0.05, 0) is 72.5 Å². The second-order valence-electron chi connectivity index (χ2n) is 5.78. The fourth-order valence-electron chi connectivity index (χ4n) is 3.38. The van der Waals surface area contributed by atoms with Crippen molar-refractivity contribution in [1.82, 2.24) is 9.80 Å². The molecule has 1 aromatic carbocycles. The van der Waals surface area contributed by atoms with E-state index in [-0.39, 0.29) is 0 Å². The van der Waals surface area contributed by atoms with E-state index in [0.29, 0.717) is 0 Å². The Labute approximate surface area is 123 Å². The van der Waals surface area contributed by atoms with Gasteiger partial charge in [-0.1, -0.05) is 6.07 Å². The van der Waals surface area contributed by atoms with E-state index in [9.17, 15) is 0 Å². The number of rotatable bonds is 2. The highest BCUT2D eigenvalue weighted by Gasteiger charge is 2.28. The van der Waals surface area contributed by atoms with Crippen LogP contribution in [0.25, 0.3) is 0 Å². The Balaban J connectivity index is 1.66. The van der Waals surface area contributed by atoms with Crippen molar-refractivity contribution >= 4 is 21.6 Å². The van der Waals surface area contributed by atoms with Crippen LogP contribution in [-0.4, -0.2) is 42.0 Å². The lowest BCUT2D eigenvalue weighted by Gasteiger charge is -2.25. The van der Waals surface area contributed by atoms with Crippen LogP contribution in [0.2, 0.25) is 0 Å². The van der Waals surface area contributed by atoms with Gasteiger partial charge in [-0.15, -0.1) is 0 Å². The number of nitrogens with two attached hydrogens (primary N) is 1. The highest BCUT2D eigenvalue weighted by molar-refractivity contribution is 9.10. The van der Waals surface area contributed by atoms with Gasteiger partial charge in [0.05, 0.1) is 0 Å². The van der Waals surface area contributed by atoms with Gasteiger partial charge < -0.3 is 5.73 Å². The lowest BCUT2D eigenvalue weighted by atomic mass is 10.1. The van der Waals surface area contributed by atoms with Crippen LogP contribution in [0.1, 0.15) is 24.8 Å². The van der Waals surface area contributed by atoms with Crippen molar-refractivity contribution < 1.29 is 0 Å². The first kappa shape index (κ1) is 13.4. The fraction of sp³-hybridized carbons (Fsp3) is 0.600. The molecular formula is C15H22BrN3. The lowest BCUT2D eigenvalue weighted by molar-refractivity contribution is 0.215. The molecular weight excluding hydrogens is 302 g/mol. The molecule has 0 saturated carbocycles. The topological polar surface area (TPSA) is 32.5 Å². The average Bonchev–Trinajstić information content (AvgIpc) is 2.73. The Hall–Kier alpha value is -0.580. The smallest absolute Gasteiger partial charge is 0.0461 e. The largest absolute Gasteiger partial charge is 0.398 e. The van der Waals surface area contributed by atoms with Crippen molar-refractivity contribution in [2.24, 2.45) is 0 Å². The van der Waals surface area contributed by atoms with Gasteiger partial charge in [-0.3, -0.25) is 9.80 Å². The summed E-state index contributed by atoms with van der Waals surface area (Å²) in [6.45, 7) is 6.05. The predicted octanol–water partition coefficient (Wildman–Crippen LogP) is 2.70.